The SMILES string of the molecule is N#Cc1ccc(S(=O)(=O)N2CCCN(C(N)=O)CC2)cc1Cl. The van der Waals surface area contributed by atoms with E-state index in [2.05, 4.69) is 0 Å². The average molecular weight is 343 g/mol. The molecule has 0 spiro atoms. The van der Waals surface area contributed by atoms with Gasteiger partial charge in [-0.1, -0.05) is 11.6 Å². The van der Waals surface area contributed by atoms with Crippen molar-refractivity contribution in [3.05, 3.63) is 28.8 Å². The van der Waals surface area contributed by atoms with Gasteiger partial charge in [0.25, 0.3) is 0 Å². The van der Waals surface area contributed by atoms with E-state index in [1.807, 2.05) is 6.07 Å². The Balaban J connectivity index is 2.25. The van der Waals surface area contributed by atoms with Gasteiger partial charge in [-0.25, -0.2) is 13.2 Å². The minimum absolute atomic E-state index is 0.0315. The maximum absolute atomic E-state index is 12.6. The van der Waals surface area contributed by atoms with Crippen LogP contribution in [-0.2, 0) is 10.0 Å². The number of carbonyl (C=O) groups excluding carboxylic acids is 1. The van der Waals surface area contributed by atoms with E-state index in [0.717, 1.165) is 0 Å². The standard InChI is InChI=1S/C13H15ClN4O3S/c14-12-8-11(3-2-10(12)9-15)22(20,21)18-5-1-4-17(6-7-18)13(16)19/h2-3,8H,1,4-7H2,(H2,16,19). The number of nitrogens with zero attached hydrogens (tertiary/aromatic N) is 3. The first-order valence-electron chi connectivity index (χ1n) is 6.60. The molecular formula is C13H15ClN4O3S. The summed E-state index contributed by atoms with van der Waals surface area (Å²) in [5, 5.41) is 8.93. The van der Waals surface area contributed by atoms with Crippen LogP contribution in [0.5, 0.6) is 0 Å². The zero-order valence-corrected chi connectivity index (χ0v) is 13.3. The average Bonchev–Trinajstić information content (AvgIpc) is 2.73. The fraction of sp³-hybridized carbons (Fsp3) is 0.385. The largest absolute Gasteiger partial charge is 0.351 e. The molecule has 0 bridgehead atoms. The first-order valence-corrected chi connectivity index (χ1v) is 8.42. The van der Waals surface area contributed by atoms with Crippen LogP contribution in [0.25, 0.3) is 0 Å². The normalized spacial score (nSPS) is 16.8. The lowest BCUT2D eigenvalue weighted by Crippen LogP contribution is -2.39. The van der Waals surface area contributed by atoms with Gasteiger partial charge >= 0.3 is 6.03 Å². The molecule has 1 aliphatic heterocycles. The lowest BCUT2D eigenvalue weighted by atomic mass is 10.2. The molecule has 2 rings (SSSR count). The number of urea groups is 1. The molecule has 2 amide bonds. The zero-order valence-electron chi connectivity index (χ0n) is 11.7. The van der Waals surface area contributed by atoms with Gasteiger partial charge < -0.3 is 10.6 Å². The van der Waals surface area contributed by atoms with E-state index in [-0.39, 0.29) is 28.6 Å². The molecule has 1 aromatic carbocycles. The molecule has 0 aromatic heterocycles. The van der Waals surface area contributed by atoms with E-state index >= 15 is 0 Å². The van der Waals surface area contributed by atoms with Crippen LogP contribution in [0.4, 0.5) is 4.79 Å². The number of nitrogens with two attached hydrogens (primary N) is 1. The van der Waals surface area contributed by atoms with Crippen LogP contribution in [0.1, 0.15) is 12.0 Å². The van der Waals surface area contributed by atoms with Gasteiger partial charge in [0.1, 0.15) is 6.07 Å². The summed E-state index contributed by atoms with van der Waals surface area (Å²) in [6, 6.07) is 5.33. The third-order valence-corrected chi connectivity index (χ3v) is 5.67. The Labute approximate surface area is 133 Å². The van der Waals surface area contributed by atoms with Crippen molar-refractivity contribution in [2.75, 3.05) is 26.2 Å². The van der Waals surface area contributed by atoms with Crippen molar-refractivity contribution in [1.82, 2.24) is 9.21 Å². The van der Waals surface area contributed by atoms with Gasteiger partial charge in [-0.15, -0.1) is 0 Å². The second-order valence-corrected chi connectivity index (χ2v) is 7.18. The maximum atomic E-state index is 12.6. The summed E-state index contributed by atoms with van der Waals surface area (Å²) in [6.07, 6.45) is 0.506. The zero-order chi connectivity index (χ0) is 16.3. The van der Waals surface area contributed by atoms with Crippen molar-refractivity contribution in [2.24, 2.45) is 5.73 Å². The van der Waals surface area contributed by atoms with Crippen molar-refractivity contribution < 1.29 is 13.2 Å². The minimum Gasteiger partial charge on any atom is -0.351 e. The van der Waals surface area contributed by atoms with Gasteiger partial charge in [-0.3, -0.25) is 0 Å². The Morgan fingerprint density at radius 3 is 2.59 bits per heavy atom. The van der Waals surface area contributed by atoms with Crippen LogP contribution < -0.4 is 5.73 Å². The summed E-state index contributed by atoms with van der Waals surface area (Å²) >= 11 is 5.90. The fourth-order valence-corrected chi connectivity index (χ4v) is 4.03. The topological polar surface area (TPSA) is 108 Å². The highest BCUT2D eigenvalue weighted by Gasteiger charge is 2.28. The Morgan fingerprint density at radius 1 is 1.27 bits per heavy atom. The summed E-state index contributed by atoms with van der Waals surface area (Å²) in [6.45, 7) is 1.14. The van der Waals surface area contributed by atoms with Gasteiger partial charge in [0, 0.05) is 26.2 Å². The second kappa shape index (κ2) is 6.52. The smallest absolute Gasteiger partial charge is 0.314 e. The number of amides is 2. The molecule has 1 saturated heterocycles. The van der Waals surface area contributed by atoms with Crippen LogP contribution in [0, 0.1) is 11.3 Å². The van der Waals surface area contributed by atoms with Crippen molar-refractivity contribution in [3.8, 4) is 6.07 Å². The molecule has 0 saturated carbocycles. The summed E-state index contributed by atoms with van der Waals surface area (Å²) in [4.78, 5) is 12.6. The number of carbonyl (C=O) groups is 1. The number of sulfonamides is 1. The van der Waals surface area contributed by atoms with Crippen LogP contribution in [-0.4, -0.2) is 49.8 Å². The van der Waals surface area contributed by atoms with E-state index in [4.69, 9.17) is 22.6 Å². The van der Waals surface area contributed by atoms with Crippen molar-refractivity contribution in [3.63, 3.8) is 0 Å². The van der Waals surface area contributed by atoms with Crippen molar-refractivity contribution in [2.45, 2.75) is 11.3 Å². The highest BCUT2D eigenvalue weighted by Crippen LogP contribution is 2.23. The van der Waals surface area contributed by atoms with E-state index in [1.54, 1.807) is 0 Å². The predicted molar refractivity (Wildman–Crippen MR) is 80.7 cm³/mol. The van der Waals surface area contributed by atoms with Crippen LogP contribution in [0.3, 0.4) is 0 Å². The first-order chi connectivity index (χ1) is 10.4. The second-order valence-electron chi connectivity index (χ2n) is 4.84. The number of halogens is 1. The molecule has 1 aromatic rings. The summed E-state index contributed by atoms with van der Waals surface area (Å²) in [5.41, 5.74) is 5.44. The third kappa shape index (κ3) is 3.32. The van der Waals surface area contributed by atoms with E-state index in [9.17, 15) is 13.2 Å². The predicted octanol–water partition coefficient (Wildman–Crippen LogP) is 0.987. The van der Waals surface area contributed by atoms with Gasteiger partial charge in [0.2, 0.25) is 10.0 Å². The van der Waals surface area contributed by atoms with Crippen LogP contribution >= 0.6 is 11.6 Å². The molecule has 1 heterocycles. The Hall–Kier alpha value is -1.82. The first kappa shape index (κ1) is 16.5. The van der Waals surface area contributed by atoms with Crippen LogP contribution in [0.15, 0.2) is 23.1 Å². The third-order valence-electron chi connectivity index (χ3n) is 3.47. The number of nitriles is 1. The lowest BCUT2D eigenvalue weighted by molar-refractivity contribution is 0.210. The molecule has 7 nitrogen and oxygen atoms in total. The molecule has 118 valence electrons. The van der Waals surface area contributed by atoms with Crippen molar-refractivity contribution >= 4 is 27.7 Å². The van der Waals surface area contributed by atoms with E-state index in [1.165, 1.54) is 27.4 Å². The van der Waals surface area contributed by atoms with Crippen LogP contribution in [0.2, 0.25) is 5.02 Å². The quantitative estimate of drug-likeness (QED) is 0.864. The van der Waals surface area contributed by atoms with Gasteiger partial charge in [-0.2, -0.15) is 9.57 Å². The van der Waals surface area contributed by atoms with Crippen molar-refractivity contribution in [1.29, 1.82) is 5.26 Å². The number of primary amides is 1. The molecule has 2 N–H and O–H groups in total. The monoisotopic (exact) mass is 342 g/mol. The number of rotatable bonds is 2. The number of hydrogen-bond acceptors (Lipinski definition) is 4. The highest BCUT2D eigenvalue weighted by molar-refractivity contribution is 7.89. The lowest BCUT2D eigenvalue weighted by Gasteiger charge is -2.21. The molecule has 0 unspecified atom stereocenters. The summed E-state index contributed by atoms with van der Waals surface area (Å²) in [7, 11) is -3.72. The molecule has 9 heteroatoms. The van der Waals surface area contributed by atoms with E-state index < -0.39 is 16.1 Å². The number of hydrogen-bond donors (Lipinski definition) is 1. The Bertz CT molecular complexity index is 729. The Kier molecular flexibility index (Phi) is 4.90. The molecule has 0 radical (unpaired) electrons. The molecular weight excluding hydrogens is 328 g/mol. The Morgan fingerprint density at radius 2 is 2.00 bits per heavy atom. The molecule has 0 atom stereocenters. The molecule has 22 heavy (non-hydrogen) atoms. The number of benzene rings is 1. The van der Waals surface area contributed by atoms with Gasteiger partial charge in [0.15, 0.2) is 0 Å². The molecule has 1 aliphatic rings. The van der Waals surface area contributed by atoms with Gasteiger partial charge in [-0.05, 0) is 24.6 Å². The summed E-state index contributed by atoms with van der Waals surface area (Å²) < 4.78 is 26.5. The summed E-state index contributed by atoms with van der Waals surface area (Å²) in [5.74, 6) is 0. The fourth-order valence-electron chi connectivity index (χ4n) is 2.25. The van der Waals surface area contributed by atoms with E-state index in [0.29, 0.717) is 19.5 Å². The van der Waals surface area contributed by atoms with Gasteiger partial charge in [0.05, 0.1) is 15.5 Å². The molecule has 0 aliphatic carbocycles. The highest BCUT2D eigenvalue weighted by atomic mass is 35.5. The maximum Gasteiger partial charge on any atom is 0.314 e. The molecule has 1 fully saturated rings. The minimum atomic E-state index is -3.72.